The zero-order valence-corrected chi connectivity index (χ0v) is 9.54. The maximum Gasteiger partial charge on any atom is 0.265 e. The number of nitrogens with zero attached hydrogens (tertiary/aromatic N) is 3. The van der Waals surface area contributed by atoms with Gasteiger partial charge in [-0.2, -0.15) is 5.26 Å². The first-order valence-electron chi connectivity index (χ1n) is 4.18. The van der Waals surface area contributed by atoms with Gasteiger partial charge in [-0.05, 0) is 19.1 Å². The van der Waals surface area contributed by atoms with Crippen LogP contribution in [0.25, 0.3) is 0 Å². The molecule has 0 saturated heterocycles. The van der Waals surface area contributed by atoms with Gasteiger partial charge in [0.15, 0.2) is 5.82 Å². The highest BCUT2D eigenvalue weighted by molar-refractivity contribution is 7.81. The summed E-state index contributed by atoms with van der Waals surface area (Å²) >= 11 is -1.62. The molecule has 0 aliphatic carbocycles. The minimum absolute atomic E-state index is 0.359. The lowest BCUT2D eigenvalue weighted by Crippen LogP contribution is -2.23. The number of aromatic nitrogens is 1. The predicted molar refractivity (Wildman–Crippen MR) is 57.2 cm³/mol. The molecule has 1 aromatic rings. The van der Waals surface area contributed by atoms with E-state index in [0.29, 0.717) is 11.4 Å². The molecule has 0 aromatic carbocycles. The molecule has 0 N–H and O–H groups in total. The Bertz CT molecular complexity index is 428. The molecule has 1 rings (SSSR count). The third-order valence-electron chi connectivity index (χ3n) is 1.80. The molecule has 0 amide bonds. The molecule has 0 aliphatic rings. The molecule has 0 saturated carbocycles. The van der Waals surface area contributed by atoms with Gasteiger partial charge in [-0.25, -0.2) is 9.19 Å². The van der Waals surface area contributed by atoms with Crippen LogP contribution in [0.4, 0.5) is 5.82 Å². The second kappa shape index (κ2) is 4.87. The lowest BCUT2D eigenvalue weighted by atomic mass is 10.2. The Kier molecular flexibility index (Phi) is 3.77. The van der Waals surface area contributed by atoms with Gasteiger partial charge in [0.2, 0.25) is 0 Å². The first kappa shape index (κ1) is 11.6. The highest BCUT2D eigenvalue weighted by atomic mass is 32.2. The van der Waals surface area contributed by atoms with Crippen LogP contribution >= 0.6 is 0 Å². The standard InChI is InChI=1S/C9H11N3O2S/c1-7-4-5-8(6-10)9(11-7)12(2)15(13)14-3/h4-5H,1-3H3. The lowest BCUT2D eigenvalue weighted by Gasteiger charge is -2.16. The van der Waals surface area contributed by atoms with Crippen LogP contribution < -0.4 is 4.31 Å². The van der Waals surface area contributed by atoms with Crippen molar-refractivity contribution in [3.63, 3.8) is 0 Å². The third-order valence-corrected chi connectivity index (χ3v) is 2.70. The van der Waals surface area contributed by atoms with Crippen LogP contribution in [0, 0.1) is 18.3 Å². The minimum Gasteiger partial charge on any atom is -0.277 e. The van der Waals surface area contributed by atoms with E-state index in [0.717, 1.165) is 5.69 Å². The summed E-state index contributed by atoms with van der Waals surface area (Å²) < 4.78 is 17.3. The van der Waals surface area contributed by atoms with Crippen molar-refractivity contribution in [1.29, 1.82) is 5.26 Å². The molecule has 0 bridgehead atoms. The maximum atomic E-state index is 11.4. The van der Waals surface area contributed by atoms with Gasteiger partial charge in [-0.3, -0.25) is 8.49 Å². The fourth-order valence-corrected chi connectivity index (χ4v) is 1.56. The van der Waals surface area contributed by atoms with Crippen molar-refractivity contribution in [3.8, 4) is 6.07 Å². The van der Waals surface area contributed by atoms with Crippen molar-refractivity contribution in [2.45, 2.75) is 6.92 Å². The fourth-order valence-electron chi connectivity index (χ4n) is 1.05. The molecule has 5 nitrogen and oxygen atoms in total. The zero-order chi connectivity index (χ0) is 11.4. The second-order valence-electron chi connectivity index (χ2n) is 2.82. The maximum absolute atomic E-state index is 11.4. The SMILES string of the molecule is COS(=O)N(C)c1nc(C)ccc1C#N. The summed E-state index contributed by atoms with van der Waals surface area (Å²) in [6.07, 6.45) is 0. The van der Waals surface area contributed by atoms with Crippen molar-refractivity contribution in [1.82, 2.24) is 4.98 Å². The molecule has 6 heteroatoms. The van der Waals surface area contributed by atoms with Gasteiger partial charge in [0.05, 0.1) is 12.7 Å². The summed E-state index contributed by atoms with van der Waals surface area (Å²) in [7, 11) is 2.89. The predicted octanol–water partition coefficient (Wildman–Crippen LogP) is 0.923. The molecule has 1 unspecified atom stereocenters. The minimum atomic E-state index is -1.62. The summed E-state index contributed by atoms with van der Waals surface area (Å²) in [6, 6.07) is 5.36. The molecule has 0 spiro atoms. The van der Waals surface area contributed by atoms with Gasteiger partial charge in [0.1, 0.15) is 6.07 Å². The summed E-state index contributed by atoms with van der Waals surface area (Å²) in [6.45, 7) is 1.80. The molecule has 1 aromatic heterocycles. The van der Waals surface area contributed by atoms with Crippen LogP contribution in [0.1, 0.15) is 11.3 Å². The lowest BCUT2D eigenvalue weighted by molar-refractivity contribution is 0.444. The van der Waals surface area contributed by atoms with Crippen LogP contribution in [-0.4, -0.2) is 23.4 Å². The van der Waals surface area contributed by atoms with Crippen molar-refractivity contribution >= 4 is 17.1 Å². The Hall–Kier alpha value is -1.45. The van der Waals surface area contributed by atoms with E-state index in [2.05, 4.69) is 9.17 Å². The van der Waals surface area contributed by atoms with E-state index < -0.39 is 11.3 Å². The zero-order valence-electron chi connectivity index (χ0n) is 8.72. The summed E-state index contributed by atoms with van der Waals surface area (Å²) in [4.78, 5) is 4.14. The molecule has 0 radical (unpaired) electrons. The van der Waals surface area contributed by atoms with E-state index in [4.69, 9.17) is 5.26 Å². The van der Waals surface area contributed by atoms with Crippen LogP contribution in [0.3, 0.4) is 0 Å². The van der Waals surface area contributed by atoms with Gasteiger partial charge in [0, 0.05) is 12.7 Å². The van der Waals surface area contributed by atoms with E-state index in [1.165, 1.54) is 11.4 Å². The van der Waals surface area contributed by atoms with E-state index in [1.54, 1.807) is 26.1 Å². The summed E-state index contributed by atoms with van der Waals surface area (Å²) in [5.41, 5.74) is 1.12. The Morgan fingerprint density at radius 1 is 1.60 bits per heavy atom. The molecular formula is C9H11N3O2S. The molecular weight excluding hydrogens is 214 g/mol. The largest absolute Gasteiger partial charge is 0.277 e. The average molecular weight is 225 g/mol. The molecule has 80 valence electrons. The van der Waals surface area contributed by atoms with Gasteiger partial charge < -0.3 is 0 Å². The molecule has 0 aliphatic heterocycles. The van der Waals surface area contributed by atoms with Gasteiger partial charge in [-0.15, -0.1) is 0 Å². The van der Waals surface area contributed by atoms with E-state index >= 15 is 0 Å². The summed E-state index contributed by atoms with van der Waals surface area (Å²) in [5, 5.41) is 8.86. The Morgan fingerprint density at radius 2 is 2.27 bits per heavy atom. The van der Waals surface area contributed by atoms with Gasteiger partial charge in [0.25, 0.3) is 11.3 Å². The normalized spacial score (nSPS) is 11.9. The first-order chi connectivity index (χ1) is 7.10. The fraction of sp³-hybridized carbons (Fsp3) is 0.333. The van der Waals surface area contributed by atoms with Gasteiger partial charge in [-0.1, -0.05) is 0 Å². The van der Waals surface area contributed by atoms with Crippen molar-refractivity contribution in [2.24, 2.45) is 0 Å². The van der Waals surface area contributed by atoms with Gasteiger partial charge >= 0.3 is 0 Å². The van der Waals surface area contributed by atoms with Crippen molar-refractivity contribution < 1.29 is 8.39 Å². The Morgan fingerprint density at radius 3 is 2.80 bits per heavy atom. The molecule has 15 heavy (non-hydrogen) atoms. The van der Waals surface area contributed by atoms with Crippen LogP contribution in [0.5, 0.6) is 0 Å². The molecule has 0 fully saturated rings. The summed E-state index contributed by atoms with van der Waals surface area (Å²) in [5.74, 6) is 0.359. The number of aryl methyl sites for hydroxylation is 1. The van der Waals surface area contributed by atoms with Crippen LogP contribution in [0.15, 0.2) is 12.1 Å². The third kappa shape index (κ3) is 2.52. The topological polar surface area (TPSA) is 66.2 Å². The number of hydrogen-bond acceptors (Lipinski definition) is 4. The number of anilines is 1. The average Bonchev–Trinajstić information content (AvgIpc) is 2.27. The van der Waals surface area contributed by atoms with E-state index in [1.807, 2.05) is 6.07 Å². The van der Waals surface area contributed by atoms with Crippen molar-refractivity contribution in [2.75, 3.05) is 18.5 Å². The first-order valence-corrected chi connectivity index (χ1v) is 5.21. The highest BCUT2D eigenvalue weighted by Gasteiger charge is 2.14. The second-order valence-corrected chi connectivity index (χ2v) is 4.13. The van der Waals surface area contributed by atoms with E-state index in [-0.39, 0.29) is 0 Å². The number of rotatable bonds is 3. The number of hydrogen-bond donors (Lipinski definition) is 0. The molecule has 1 heterocycles. The number of nitriles is 1. The monoisotopic (exact) mass is 225 g/mol. The van der Waals surface area contributed by atoms with Crippen LogP contribution in [0.2, 0.25) is 0 Å². The quantitative estimate of drug-likeness (QED) is 0.767. The highest BCUT2D eigenvalue weighted by Crippen LogP contribution is 2.17. The van der Waals surface area contributed by atoms with E-state index in [9.17, 15) is 4.21 Å². The molecule has 1 atom stereocenters. The smallest absolute Gasteiger partial charge is 0.265 e. The Labute approximate surface area is 91.1 Å². The van der Waals surface area contributed by atoms with Crippen LogP contribution in [-0.2, 0) is 15.4 Å². The number of pyridine rings is 1. The van der Waals surface area contributed by atoms with Crippen molar-refractivity contribution in [3.05, 3.63) is 23.4 Å². The Balaban J connectivity index is 3.18.